The summed E-state index contributed by atoms with van der Waals surface area (Å²) in [5.41, 5.74) is 0.656. The Bertz CT molecular complexity index is 587. The molecule has 0 spiro atoms. The van der Waals surface area contributed by atoms with Gasteiger partial charge in [-0.1, -0.05) is 112 Å². The molecular weight excluding hydrogens is 420 g/mol. The molecule has 34 heavy (non-hydrogen) atoms. The van der Waals surface area contributed by atoms with E-state index in [1.807, 2.05) is 0 Å². The van der Waals surface area contributed by atoms with E-state index in [9.17, 15) is 5.11 Å². The number of hydrogen-bond acceptors (Lipinski definition) is 3. The summed E-state index contributed by atoms with van der Waals surface area (Å²) in [7, 11) is 0. The monoisotopic (exact) mass is 478 g/mol. The standard InChI is InChI=1S/C31H58O3/c1-7-8-9-10-11-12-13-14-19-27(26(32)18-16-15-17-23(2)3)33-28-22-24-25-20-21-31(6,29(24)34-28)30(25,4)5/h23-29,32H,7-22H2,1-6H3/t24-,25+,26+,27+,28-,29-,31-/m0/s1. The van der Waals surface area contributed by atoms with E-state index in [-0.39, 0.29) is 23.9 Å². The Kier molecular flexibility index (Phi) is 10.8. The van der Waals surface area contributed by atoms with E-state index < -0.39 is 0 Å². The molecule has 1 N–H and O–H groups in total. The SMILES string of the molecule is CCCCCCCCCC[C@@H](O[C@@H]1C[C@H]2[C@H]3CC[C@@](C)([C@H]2O1)C3(C)C)[C@H](O)CCCCC(C)C. The molecule has 1 aliphatic heterocycles. The highest BCUT2D eigenvalue weighted by Crippen LogP contribution is 2.71. The summed E-state index contributed by atoms with van der Waals surface area (Å²) >= 11 is 0. The van der Waals surface area contributed by atoms with Crippen molar-refractivity contribution in [2.75, 3.05) is 0 Å². The Labute approximate surface area is 212 Å². The van der Waals surface area contributed by atoms with Crippen LogP contribution in [0.1, 0.15) is 144 Å². The molecule has 3 heteroatoms. The average molecular weight is 479 g/mol. The molecule has 1 saturated heterocycles. The van der Waals surface area contributed by atoms with E-state index in [1.165, 1.54) is 70.6 Å². The van der Waals surface area contributed by atoms with Crippen LogP contribution in [0.2, 0.25) is 0 Å². The molecule has 3 rings (SSSR count). The summed E-state index contributed by atoms with van der Waals surface area (Å²) < 4.78 is 13.3. The van der Waals surface area contributed by atoms with Gasteiger partial charge in [0.25, 0.3) is 0 Å². The lowest BCUT2D eigenvalue weighted by Gasteiger charge is -2.39. The van der Waals surface area contributed by atoms with E-state index in [4.69, 9.17) is 9.47 Å². The number of rotatable bonds is 17. The molecule has 200 valence electrons. The molecule has 0 radical (unpaired) electrons. The molecule has 2 aliphatic carbocycles. The summed E-state index contributed by atoms with van der Waals surface area (Å²) in [6.45, 7) is 14.2. The summed E-state index contributed by atoms with van der Waals surface area (Å²) in [6.07, 6.45) is 19.4. The van der Waals surface area contributed by atoms with Crippen LogP contribution in [0.15, 0.2) is 0 Å². The van der Waals surface area contributed by atoms with Crippen molar-refractivity contribution in [3.8, 4) is 0 Å². The minimum absolute atomic E-state index is 0.0681. The van der Waals surface area contributed by atoms with Gasteiger partial charge in [0, 0.05) is 6.42 Å². The van der Waals surface area contributed by atoms with Gasteiger partial charge in [0.15, 0.2) is 6.29 Å². The van der Waals surface area contributed by atoms with Gasteiger partial charge in [0.2, 0.25) is 0 Å². The molecule has 7 atom stereocenters. The molecule has 0 aromatic carbocycles. The fourth-order valence-electron chi connectivity index (χ4n) is 7.69. The minimum Gasteiger partial charge on any atom is -0.390 e. The van der Waals surface area contributed by atoms with Gasteiger partial charge in [-0.05, 0) is 54.3 Å². The molecule has 1 heterocycles. The van der Waals surface area contributed by atoms with Crippen LogP contribution in [0.25, 0.3) is 0 Å². The molecule has 0 aromatic heterocycles. The first kappa shape index (κ1) is 28.5. The minimum atomic E-state index is -0.357. The zero-order valence-corrected chi connectivity index (χ0v) is 23.6. The summed E-state index contributed by atoms with van der Waals surface area (Å²) in [4.78, 5) is 0. The third-order valence-corrected chi connectivity index (χ3v) is 10.3. The average Bonchev–Trinajstić information content (AvgIpc) is 3.35. The first-order valence-electron chi connectivity index (χ1n) is 15.2. The number of hydrogen-bond donors (Lipinski definition) is 1. The number of aliphatic hydroxyl groups excluding tert-OH is 1. The molecule has 2 saturated carbocycles. The van der Waals surface area contributed by atoms with E-state index in [2.05, 4.69) is 41.5 Å². The normalized spacial score (nSPS) is 33.5. The summed E-state index contributed by atoms with van der Waals surface area (Å²) in [5.74, 6) is 2.16. The van der Waals surface area contributed by atoms with Gasteiger partial charge in [-0.2, -0.15) is 0 Å². The number of fused-ring (bicyclic) bond motifs is 5. The van der Waals surface area contributed by atoms with Crippen molar-refractivity contribution in [3.05, 3.63) is 0 Å². The van der Waals surface area contributed by atoms with E-state index in [1.54, 1.807) is 0 Å². The predicted molar refractivity (Wildman–Crippen MR) is 143 cm³/mol. The van der Waals surface area contributed by atoms with Crippen LogP contribution in [0, 0.1) is 28.6 Å². The van der Waals surface area contributed by atoms with Gasteiger partial charge < -0.3 is 14.6 Å². The van der Waals surface area contributed by atoms with Crippen molar-refractivity contribution >= 4 is 0 Å². The maximum absolute atomic E-state index is 11.1. The van der Waals surface area contributed by atoms with E-state index >= 15 is 0 Å². The zero-order valence-electron chi connectivity index (χ0n) is 23.6. The highest BCUT2D eigenvalue weighted by atomic mass is 16.7. The van der Waals surface area contributed by atoms with Crippen LogP contribution >= 0.6 is 0 Å². The third-order valence-electron chi connectivity index (χ3n) is 10.3. The van der Waals surface area contributed by atoms with Gasteiger partial charge in [0.05, 0.1) is 18.3 Å². The Morgan fingerprint density at radius 1 is 0.882 bits per heavy atom. The summed E-state index contributed by atoms with van der Waals surface area (Å²) in [6, 6.07) is 0. The molecular formula is C31H58O3. The van der Waals surface area contributed by atoms with E-state index in [0.29, 0.717) is 17.4 Å². The van der Waals surface area contributed by atoms with Crippen molar-refractivity contribution in [3.63, 3.8) is 0 Å². The molecule has 3 nitrogen and oxygen atoms in total. The largest absolute Gasteiger partial charge is 0.390 e. The van der Waals surface area contributed by atoms with Gasteiger partial charge in [-0.15, -0.1) is 0 Å². The molecule has 0 unspecified atom stereocenters. The fraction of sp³-hybridized carbons (Fsp3) is 1.00. The Hall–Kier alpha value is -0.120. The van der Waals surface area contributed by atoms with E-state index in [0.717, 1.165) is 43.9 Å². The van der Waals surface area contributed by atoms with Gasteiger partial charge >= 0.3 is 0 Å². The quantitative estimate of drug-likeness (QED) is 0.212. The summed E-state index contributed by atoms with van der Waals surface area (Å²) in [5, 5.41) is 11.1. The van der Waals surface area contributed by atoms with Crippen LogP contribution in [0.3, 0.4) is 0 Å². The number of unbranched alkanes of at least 4 members (excludes halogenated alkanes) is 8. The first-order chi connectivity index (χ1) is 16.2. The van der Waals surface area contributed by atoms with Crippen LogP contribution in [-0.4, -0.2) is 29.7 Å². The molecule has 0 amide bonds. The number of ether oxygens (including phenoxy) is 2. The highest BCUT2D eigenvalue weighted by Gasteiger charge is 2.69. The van der Waals surface area contributed by atoms with Crippen LogP contribution in [0.4, 0.5) is 0 Å². The lowest BCUT2D eigenvalue weighted by atomic mass is 9.70. The molecule has 3 aliphatic rings. The van der Waals surface area contributed by atoms with Crippen molar-refractivity contribution in [1.29, 1.82) is 0 Å². The first-order valence-corrected chi connectivity index (χ1v) is 15.2. The fourth-order valence-corrected chi connectivity index (χ4v) is 7.69. The number of aliphatic hydroxyl groups is 1. The molecule has 3 fully saturated rings. The van der Waals surface area contributed by atoms with Gasteiger partial charge in [0.1, 0.15) is 0 Å². The van der Waals surface area contributed by atoms with Crippen molar-refractivity contribution in [1.82, 2.24) is 0 Å². The second-order valence-electron chi connectivity index (χ2n) is 13.4. The Morgan fingerprint density at radius 3 is 2.15 bits per heavy atom. The second-order valence-corrected chi connectivity index (χ2v) is 13.4. The Balaban J connectivity index is 1.48. The second kappa shape index (κ2) is 12.9. The topological polar surface area (TPSA) is 38.7 Å². The Morgan fingerprint density at radius 2 is 1.50 bits per heavy atom. The van der Waals surface area contributed by atoms with Crippen molar-refractivity contribution in [2.45, 2.75) is 169 Å². The molecule has 2 bridgehead atoms. The maximum Gasteiger partial charge on any atom is 0.158 e. The van der Waals surface area contributed by atoms with Crippen LogP contribution in [-0.2, 0) is 9.47 Å². The highest BCUT2D eigenvalue weighted by molar-refractivity contribution is 5.16. The van der Waals surface area contributed by atoms with Crippen molar-refractivity contribution < 1.29 is 14.6 Å². The predicted octanol–water partition coefficient (Wildman–Crippen LogP) is 8.67. The van der Waals surface area contributed by atoms with Crippen molar-refractivity contribution in [2.24, 2.45) is 28.6 Å². The smallest absolute Gasteiger partial charge is 0.158 e. The molecule has 0 aromatic rings. The third kappa shape index (κ3) is 6.60. The lowest BCUT2D eigenvalue weighted by Crippen LogP contribution is -2.39. The maximum atomic E-state index is 11.1. The van der Waals surface area contributed by atoms with Crippen LogP contribution < -0.4 is 0 Å². The zero-order chi connectivity index (χ0) is 24.8. The van der Waals surface area contributed by atoms with Crippen LogP contribution in [0.5, 0.6) is 0 Å². The van der Waals surface area contributed by atoms with Gasteiger partial charge in [-0.25, -0.2) is 0 Å². The van der Waals surface area contributed by atoms with Gasteiger partial charge in [-0.3, -0.25) is 0 Å². The lowest BCUT2D eigenvalue weighted by molar-refractivity contribution is -0.204.